The van der Waals surface area contributed by atoms with Crippen molar-refractivity contribution >= 4 is 5.69 Å². The molecule has 4 nitrogen and oxygen atoms in total. The van der Waals surface area contributed by atoms with Crippen LogP contribution >= 0.6 is 0 Å². The molecule has 0 radical (unpaired) electrons. The molecule has 1 aromatic heterocycles. The number of hydrogen-bond acceptors (Lipinski definition) is 4. The first-order valence-corrected chi connectivity index (χ1v) is 5.65. The number of halogens is 1. The van der Waals surface area contributed by atoms with E-state index < -0.39 is 5.82 Å². The number of nitrogens with zero attached hydrogens (tertiary/aromatic N) is 2. The summed E-state index contributed by atoms with van der Waals surface area (Å²) in [6.07, 6.45) is 1.76. The van der Waals surface area contributed by atoms with Gasteiger partial charge in [-0.1, -0.05) is 19.1 Å². The molecule has 5 heteroatoms. The van der Waals surface area contributed by atoms with Gasteiger partial charge in [-0.15, -0.1) is 0 Å². The SMILES string of the molecule is CCc1ncnc(Oc2c(C)cccc2N)c1F. The lowest BCUT2D eigenvalue weighted by molar-refractivity contribution is 0.414. The average Bonchev–Trinajstić information content (AvgIpc) is 2.36. The Balaban J connectivity index is 2.40. The summed E-state index contributed by atoms with van der Waals surface area (Å²) >= 11 is 0. The van der Waals surface area contributed by atoms with Crippen LogP contribution in [0.25, 0.3) is 0 Å². The lowest BCUT2D eigenvalue weighted by Gasteiger charge is -2.11. The Morgan fingerprint density at radius 1 is 1.33 bits per heavy atom. The van der Waals surface area contributed by atoms with Crippen LogP contribution in [0.15, 0.2) is 24.5 Å². The highest BCUT2D eigenvalue weighted by atomic mass is 19.1. The van der Waals surface area contributed by atoms with Gasteiger partial charge in [0.15, 0.2) is 5.75 Å². The third-order valence-electron chi connectivity index (χ3n) is 2.61. The second-order valence-electron chi connectivity index (χ2n) is 3.89. The van der Waals surface area contributed by atoms with E-state index in [1.165, 1.54) is 6.33 Å². The van der Waals surface area contributed by atoms with Crippen LogP contribution in [0, 0.1) is 12.7 Å². The quantitative estimate of drug-likeness (QED) is 0.847. The summed E-state index contributed by atoms with van der Waals surface area (Å²) in [5, 5.41) is 0. The summed E-state index contributed by atoms with van der Waals surface area (Å²) in [4.78, 5) is 7.65. The van der Waals surface area contributed by atoms with Gasteiger partial charge in [0.05, 0.1) is 11.4 Å². The van der Waals surface area contributed by atoms with E-state index in [0.29, 0.717) is 23.6 Å². The number of aromatic nitrogens is 2. The lowest BCUT2D eigenvalue weighted by Crippen LogP contribution is -2.01. The fraction of sp³-hybridized carbons (Fsp3) is 0.231. The van der Waals surface area contributed by atoms with Crippen molar-refractivity contribution in [2.45, 2.75) is 20.3 Å². The number of anilines is 1. The average molecular weight is 247 g/mol. The van der Waals surface area contributed by atoms with Crippen molar-refractivity contribution in [1.82, 2.24) is 9.97 Å². The molecule has 0 bridgehead atoms. The molecular weight excluding hydrogens is 233 g/mol. The van der Waals surface area contributed by atoms with Crippen LogP contribution in [-0.2, 0) is 6.42 Å². The van der Waals surface area contributed by atoms with E-state index in [4.69, 9.17) is 10.5 Å². The van der Waals surface area contributed by atoms with Crippen molar-refractivity contribution in [1.29, 1.82) is 0 Å². The standard InChI is InChI=1S/C13H14FN3O/c1-3-10-11(14)13(17-7-16-10)18-12-8(2)5-4-6-9(12)15/h4-7H,3,15H2,1-2H3. The molecule has 0 spiro atoms. The van der Waals surface area contributed by atoms with Crippen LogP contribution in [-0.4, -0.2) is 9.97 Å². The van der Waals surface area contributed by atoms with Crippen molar-refractivity contribution in [3.8, 4) is 11.6 Å². The number of rotatable bonds is 3. The van der Waals surface area contributed by atoms with Crippen molar-refractivity contribution in [2.75, 3.05) is 5.73 Å². The molecule has 1 aromatic carbocycles. The van der Waals surface area contributed by atoms with E-state index in [-0.39, 0.29) is 5.88 Å². The molecule has 0 unspecified atom stereocenters. The van der Waals surface area contributed by atoms with Crippen LogP contribution in [0.1, 0.15) is 18.2 Å². The first kappa shape index (κ1) is 12.3. The molecule has 18 heavy (non-hydrogen) atoms. The van der Waals surface area contributed by atoms with E-state index in [2.05, 4.69) is 9.97 Å². The molecule has 2 N–H and O–H groups in total. The van der Waals surface area contributed by atoms with E-state index in [1.807, 2.05) is 26.0 Å². The number of nitrogens with two attached hydrogens (primary N) is 1. The second-order valence-corrected chi connectivity index (χ2v) is 3.89. The fourth-order valence-corrected chi connectivity index (χ4v) is 1.62. The predicted octanol–water partition coefficient (Wildman–Crippen LogP) is 2.86. The molecule has 1 heterocycles. The Bertz CT molecular complexity index is 552. The molecule has 0 aliphatic rings. The van der Waals surface area contributed by atoms with Gasteiger partial charge in [-0.3, -0.25) is 0 Å². The predicted molar refractivity (Wildman–Crippen MR) is 67.0 cm³/mol. The molecule has 2 rings (SSSR count). The Morgan fingerprint density at radius 2 is 2.11 bits per heavy atom. The number of para-hydroxylation sites is 1. The van der Waals surface area contributed by atoms with Crippen LogP contribution in [0.2, 0.25) is 0 Å². The highest BCUT2D eigenvalue weighted by Crippen LogP contribution is 2.31. The molecule has 0 saturated carbocycles. The number of aryl methyl sites for hydroxylation is 2. The Morgan fingerprint density at radius 3 is 2.78 bits per heavy atom. The molecule has 0 aliphatic carbocycles. The molecule has 0 aliphatic heterocycles. The van der Waals surface area contributed by atoms with Crippen molar-refractivity contribution in [3.63, 3.8) is 0 Å². The lowest BCUT2D eigenvalue weighted by atomic mass is 10.2. The number of ether oxygens (including phenoxy) is 1. The van der Waals surface area contributed by atoms with Crippen LogP contribution in [0.5, 0.6) is 11.6 Å². The van der Waals surface area contributed by atoms with E-state index in [0.717, 1.165) is 5.56 Å². The molecule has 2 aromatic rings. The largest absolute Gasteiger partial charge is 0.434 e. The monoisotopic (exact) mass is 247 g/mol. The summed E-state index contributed by atoms with van der Waals surface area (Å²) in [7, 11) is 0. The smallest absolute Gasteiger partial charge is 0.259 e. The van der Waals surface area contributed by atoms with E-state index >= 15 is 0 Å². The first-order valence-electron chi connectivity index (χ1n) is 5.65. The molecule has 94 valence electrons. The molecule has 0 atom stereocenters. The highest BCUT2D eigenvalue weighted by Gasteiger charge is 2.14. The Hall–Kier alpha value is -2.17. The maximum absolute atomic E-state index is 13.9. The summed E-state index contributed by atoms with van der Waals surface area (Å²) in [6.45, 7) is 3.66. The topological polar surface area (TPSA) is 61.0 Å². The van der Waals surface area contributed by atoms with Crippen LogP contribution < -0.4 is 10.5 Å². The fourth-order valence-electron chi connectivity index (χ4n) is 1.62. The maximum Gasteiger partial charge on any atom is 0.259 e. The molecule has 0 saturated heterocycles. The zero-order valence-electron chi connectivity index (χ0n) is 10.3. The van der Waals surface area contributed by atoms with Gasteiger partial charge in [0.2, 0.25) is 5.82 Å². The van der Waals surface area contributed by atoms with Gasteiger partial charge in [0, 0.05) is 0 Å². The normalized spacial score (nSPS) is 10.4. The van der Waals surface area contributed by atoms with Crippen molar-refractivity contribution in [3.05, 3.63) is 41.6 Å². The van der Waals surface area contributed by atoms with Gasteiger partial charge in [-0.05, 0) is 25.0 Å². The summed E-state index contributed by atoms with van der Waals surface area (Å²) in [5.74, 6) is -0.206. The number of benzene rings is 1. The Kier molecular flexibility index (Phi) is 3.41. The van der Waals surface area contributed by atoms with Crippen LogP contribution in [0.3, 0.4) is 0 Å². The van der Waals surface area contributed by atoms with Gasteiger partial charge in [-0.25, -0.2) is 4.98 Å². The van der Waals surface area contributed by atoms with Crippen LogP contribution in [0.4, 0.5) is 10.1 Å². The minimum atomic E-state index is -0.539. The van der Waals surface area contributed by atoms with Gasteiger partial charge in [0.25, 0.3) is 5.88 Å². The van der Waals surface area contributed by atoms with Gasteiger partial charge in [-0.2, -0.15) is 9.37 Å². The van der Waals surface area contributed by atoms with Crippen molar-refractivity contribution < 1.29 is 9.13 Å². The summed E-state index contributed by atoms with van der Waals surface area (Å²) < 4.78 is 19.4. The third-order valence-corrected chi connectivity index (χ3v) is 2.61. The maximum atomic E-state index is 13.9. The molecule has 0 amide bonds. The molecule has 0 fully saturated rings. The summed E-state index contributed by atoms with van der Waals surface area (Å²) in [5.41, 5.74) is 7.40. The summed E-state index contributed by atoms with van der Waals surface area (Å²) in [6, 6.07) is 5.35. The van der Waals surface area contributed by atoms with Gasteiger partial charge < -0.3 is 10.5 Å². The Labute approximate surface area is 105 Å². The number of hydrogen-bond donors (Lipinski definition) is 1. The minimum Gasteiger partial charge on any atom is -0.434 e. The van der Waals surface area contributed by atoms with Gasteiger partial charge >= 0.3 is 0 Å². The molecular formula is C13H14FN3O. The van der Waals surface area contributed by atoms with Gasteiger partial charge in [0.1, 0.15) is 6.33 Å². The second kappa shape index (κ2) is 5.00. The highest BCUT2D eigenvalue weighted by molar-refractivity contribution is 5.57. The van der Waals surface area contributed by atoms with E-state index in [1.54, 1.807) is 6.07 Å². The third kappa shape index (κ3) is 2.25. The first-order chi connectivity index (χ1) is 8.63. The zero-order chi connectivity index (χ0) is 13.1. The van der Waals surface area contributed by atoms with E-state index in [9.17, 15) is 4.39 Å². The zero-order valence-corrected chi connectivity index (χ0v) is 10.3. The van der Waals surface area contributed by atoms with Crippen molar-refractivity contribution in [2.24, 2.45) is 0 Å². The number of nitrogen functional groups attached to an aromatic ring is 1. The minimum absolute atomic E-state index is 0.0946.